The summed E-state index contributed by atoms with van der Waals surface area (Å²) in [6.07, 6.45) is -15.8. The minimum absolute atomic E-state index is 0.115. The molecule has 0 saturated carbocycles. The van der Waals surface area contributed by atoms with Gasteiger partial charge in [0.15, 0.2) is 0 Å². The van der Waals surface area contributed by atoms with Crippen LogP contribution < -0.4 is 0 Å². The van der Waals surface area contributed by atoms with Crippen molar-refractivity contribution in [2.24, 2.45) is 9.98 Å². The third kappa shape index (κ3) is 5.62. The van der Waals surface area contributed by atoms with Gasteiger partial charge < -0.3 is 0 Å². The van der Waals surface area contributed by atoms with E-state index in [1.54, 1.807) is 12.1 Å². The van der Waals surface area contributed by atoms with Crippen LogP contribution in [0.4, 0.5) is 50.9 Å². The van der Waals surface area contributed by atoms with Gasteiger partial charge in [0.2, 0.25) is 11.6 Å². The van der Waals surface area contributed by atoms with Crippen molar-refractivity contribution in [2.75, 3.05) is 0 Å². The number of aliphatic imine (C=N–C) groups is 2. The van der Waals surface area contributed by atoms with Crippen LogP contribution in [0.25, 0.3) is 11.1 Å². The largest absolute Gasteiger partial charge is 0.451 e. The van der Waals surface area contributed by atoms with Gasteiger partial charge in [-0.2, -0.15) is 60.6 Å². The second kappa shape index (κ2) is 10.9. The molecule has 0 fully saturated rings. The average Bonchev–Trinajstić information content (AvgIpc) is 3.54. The van der Waals surface area contributed by atoms with Crippen molar-refractivity contribution in [3.8, 4) is 24.3 Å². The maximum atomic E-state index is 13.6. The smallest absolute Gasteiger partial charge is 0.245 e. The first-order chi connectivity index (χ1) is 21.9. The Morgan fingerprint density at radius 2 is 0.957 bits per heavy atom. The van der Waals surface area contributed by atoms with Gasteiger partial charge in [-0.05, 0) is 31.2 Å². The highest BCUT2D eigenvalue weighted by atomic mass is 19.4. The lowest BCUT2D eigenvalue weighted by Gasteiger charge is -2.13. The van der Waals surface area contributed by atoms with E-state index >= 15 is 0 Å². The van der Waals surface area contributed by atoms with Gasteiger partial charge in [-0.15, -0.1) is 0 Å². The molecule has 0 aliphatic carbocycles. The molecule has 10 nitrogen and oxygen atoms in total. The topological polar surface area (TPSA) is 171 Å². The SMILES string of the molecule is Cc1cc(C2=Nc3cc4c(cc3C2=C(C#N)C#N)N=C(c2cc(C(F)(F)F)nc(C(F)(F)F)n2)C4=C(C#N)C#N)nc(C(F)(F)F)n1. The number of aromatic nitrogens is 4. The van der Waals surface area contributed by atoms with Gasteiger partial charge in [0.1, 0.15) is 41.1 Å². The van der Waals surface area contributed by atoms with E-state index in [4.69, 9.17) is 0 Å². The molecule has 47 heavy (non-hydrogen) atoms. The number of nitrogens with zero attached hydrogens (tertiary/aromatic N) is 10. The molecule has 3 aromatic rings. The van der Waals surface area contributed by atoms with E-state index in [-0.39, 0.29) is 45.5 Å². The van der Waals surface area contributed by atoms with Crippen LogP contribution in [-0.2, 0) is 18.5 Å². The van der Waals surface area contributed by atoms with E-state index in [0.717, 1.165) is 18.2 Å². The number of hydrogen-bond acceptors (Lipinski definition) is 10. The molecule has 5 rings (SSSR count). The van der Waals surface area contributed by atoms with Gasteiger partial charge in [-0.1, -0.05) is 0 Å². The molecule has 232 valence electrons. The standard InChI is InChI=1S/C28H7F9N10/c1-10-2-17(45-24(42-10)27(32,33)34)22-20(11(6-38)7-39)13-3-16-14(4-15(13)43-22)21(12(8-40)9-41)23(44-16)18-5-19(26(29,30)31)47-25(46-18)28(35,36)37/h2-5H,1H3. The predicted molar refractivity (Wildman–Crippen MR) is 139 cm³/mol. The summed E-state index contributed by atoms with van der Waals surface area (Å²) in [7, 11) is 0. The number of hydrogen-bond donors (Lipinski definition) is 0. The zero-order valence-electron chi connectivity index (χ0n) is 22.7. The molecule has 0 atom stereocenters. The number of rotatable bonds is 2. The molecule has 2 aromatic heterocycles. The van der Waals surface area contributed by atoms with Crippen molar-refractivity contribution in [2.45, 2.75) is 25.5 Å². The average molecular weight is 654 g/mol. The lowest BCUT2D eigenvalue weighted by molar-refractivity contribution is -0.152. The minimum Gasteiger partial charge on any atom is -0.245 e. The zero-order valence-corrected chi connectivity index (χ0v) is 22.7. The van der Waals surface area contributed by atoms with Gasteiger partial charge in [0, 0.05) is 28.0 Å². The molecule has 0 bridgehead atoms. The molecule has 0 saturated heterocycles. The van der Waals surface area contributed by atoms with Crippen molar-refractivity contribution < 1.29 is 39.5 Å². The summed E-state index contributed by atoms with van der Waals surface area (Å²) >= 11 is 0. The monoisotopic (exact) mass is 654 g/mol. The van der Waals surface area contributed by atoms with E-state index < -0.39 is 69.7 Å². The maximum Gasteiger partial charge on any atom is 0.451 e. The third-order valence-corrected chi connectivity index (χ3v) is 6.40. The first-order valence-corrected chi connectivity index (χ1v) is 12.3. The summed E-state index contributed by atoms with van der Waals surface area (Å²) in [4.78, 5) is 20.8. The van der Waals surface area contributed by atoms with Crippen molar-refractivity contribution in [1.29, 1.82) is 21.0 Å². The van der Waals surface area contributed by atoms with E-state index in [9.17, 15) is 60.6 Å². The first kappa shape index (κ1) is 31.9. The van der Waals surface area contributed by atoms with Crippen LogP contribution in [0.1, 0.15) is 45.6 Å². The molecular weight excluding hydrogens is 647 g/mol. The Hall–Kier alpha value is -6.47. The number of fused-ring (bicyclic) bond motifs is 2. The number of nitriles is 4. The zero-order chi connectivity index (χ0) is 34.6. The van der Waals surface area contributed by atoms with Gasteiger partial charge in [0.05, 0.1) is 34.2 Å². The minimum atomic E-state index is -5.46. The quantitative estimate of drug-likeness (QED) is 0.223. The fourth-order valence-electron chi connectivity index (χ4n) is 4.58. The number of aryl methyl sites for hydroxylation is 1. The Morgan fingerprint density at radius 1 is 0.553 bits per heavy atom. The number of halogens is 9. The van der Waals surface area contributed by atoms with Gasteiger partial charge in [-0.25, -0.2) is 29.9 Å². The molecule has 2 aliphatic heterocycles. The highest BCUT2D eigenvalue weighted by molar-refractivity contribution is 6.39. The Labute approximate surface area is 255 Å². The van der Waals surface area contributed by atoms with Gasteiger partial charge in [0.25, 0.3) is 0 Å². The van der Waals surface area contributed by atoms with Crippen molar-refractivity contribution >= 4 is 33.9 Å². The lowest BCUT2D eigenvalue weighted by atomic mass is 9.91. The number of alkyl halides is 9. The maximum absolute atomic E-state index is 13.6. The third-order valence-electron chi connectivity index (χ3n) is 6.40. The Balaban J connectivity index is 1.80. The predicted octanol–water partition coefficient (Wildman–Crippen LogP) is 6.50. The van der Waals surface area contributed by atoms with Crippen LogP contribution in [-0.4, -0.2) is 31.4 Å². The second-order valence-corrected chi connectivity index (χ2v) is 9.43. The molecule has 2 aliphatic rings. The number of benzene rings is 1. The fourth-order valence-corrected chi connectivity index (χ4v) is 4.58. The van der Waals surface area contributed by atoms with Gasteiger partial charge in [-0.3, -0.25) is 0 Å². The molecule has 0 unspecified atom stereocenters. The van der Waals surface area contributed by atoms with Crippen molar-refractivity contribution in [3.05, 3.63) is 81.0 Å². The van der Waals surface area contributed by atoms with E-state index in [1.165, 1.54) is 19.1 Å². The number of allylic oxidation sites excluding steroid dienone is 4. The molecule has 0 N–H and O–H groups in total. The Bertz CT molecular complexity index is 2150. The summed E-state index contributed by atoms with van der Waals surface area (Å²) in [6.45, 7) is 1.22. The highest BCUT2D eigenvalue weighted by Crippen LogP contribution is 2.48. The summed E-state index contributed by atoms with van der Waals surface area (Å²) in [5, 5.41) is 38.6. The molecule has 19 heteroatoms. The molecule has 0 radical (unpaired) electrons. The summed E-state index contributed by atoms with van der Waals surface area (Å²) in [5.74, 6) is -3.75. The highest BCUT2D eigenvalue weighted by Gasteiger charge is 2.42. The Kier molecular flexibility index (Phi) is 7.38. The lowest BCUT2D eigenvalue weighted by Crippen LogP contribution is -2.20. The van der Waals surface area contributed by atoms with Crippen molar-refractivity contribution in [1.82, 2.24) is 19.9 Å². The van der Waals surface area contributed by atoms with Crippen LogP contribution in [0.2, 0.25) is 0 Å². The second-order valence-electron chi connectivity index (χ2n) is 9.43. The molecule has 0 amide bonds. The van der Waals surface area contributed by atoms with Crippen LogP contribution in [0.3, 0.4) is 0 Å². The molecule has 1 aromatic carbocycles. The van der Waals surface area contributed by atoms with Crippen molar-refractivity contribution in [3.63, 3.8) is 0 Å². The first-order valence-electron chi connectivity index (χ1n) is 12.3. The summed E-state index contributed by atoms with van der Waals surface area (Å²) < 4.78 is 122. The molecule has 4 heterocycles. The van der Waals surface area contributed by atoms with Crippen LogP contribution >= 0.6 is 0 Å². The summed E-state index contributed by atoms with van der Waals surface area (Å²) in [5.41, 5.74) is -7.92. The van der Waals surface area contributed by atoms with Gasteiger partial charge >= 0.3 is 18.5 Å². The van der Waals surface area contributed by atoms with E-state index in [0.29, 0.717) is 0 Å². The van der Waals surface area contributed by atoms with Crippen LogP contribution in [0.15, 0.2) is 45.4 Å². The van der Waals surface area contributed by atoms with E-state index in [1.807, 2.05) is 0 Å². The fraction of sp³-hybridized carbons (Fsp3) is 0.143. The Morgan fingerprint density at radius 3 is 1.34 bits per heavy atom. The molecular formula is C28H7F9N10. The van der Waals surface area contributed by atoms with Crippen LogP contribution in [0, 0.1) is 52.2 Å². The van der Waals surface area contributed by atoms with E-state index in [2.05, 4.69) is 29.9 Å². The van der Waals surface area contributed by atoms with Crippen LogP contribution in [0.5, 0.6) is 0 Å². The summed E-state index contributed by atoms with van der Waals surface area (Å²) in [6, 6.07) is 9.57. The normalized spacial score (nSPS) is 13.8. The molecule has 0 spiro atoms.